The third-order valence-corrected chi connectivity index (χ3v) is 4.85. The number of methoxy groups -OCH3 is 1. The Balaban J connectivity index is 1.45. The molecule has 1 amide bonds. The largest absolute Gasteiger partial charge is 0.497 e. The lowest BCUT2D eigenvalue weighted by atomic mass is 10.1. The van der Waals surface area contributed by atoms with Crippen LogP contribution in [0, 0.1) is 6.92 Å². The van der Waals surface area contributed by atoms with Gasteiger partial charge in [0.25, 0.3) is 5.89 Å². The minimum Gasteiger partial charge on any atom is -0.497 e. The molecule has 1 aliphatic heterocycles. The lowest BCUT2D eigenvalue weighted by Gasteiger charge is -2.16. The standard InChI is InChI=1S/C21H21N3O3/c1-14-3-5-15(6-4-14)12-24-13-17(11-19(24)25)20-22-21(27-23-20)16-7-9-18(26-2)10-8-16/h3-10,17H,11-13H2,1-2H3. The molecule has 27 heavy (non-hydrogen) atoms. The summed E-state index contributed by atoms with van der Waals surface area (Å²) in [7, 11) is 1.62. The van der Waals surface area contributed by atoms with Crippen LogP contribution < -0.4 is 4.74 Å². The number of likely N-dealkylation sites (tertiary alicyclic amines) is 1. The van der Waals surface area contributed by atoms with Crippen molar-refractivity contribution in [3.05, 3.63) is 65.5 Å². The number of carbonyl (C=O) groups is 1. The molecule has 1 aliphatic rings. The van der Waals surface area contributed by atoms with Gasteiger partial charge in [-0.1, -0.05) is 35.0 Å². The van der Waals surface area contributed by atoms with Crippen LogP contribution in [0.3, 0.4) is 0 Å². The van der Waals surface area contributed by atoms with Gasteiger partial charge in [-0.3, -0.25) is 4.79 Å². The molecule has 138 valence electrons. The maximum atomic E-state index is 12.4. The normalized spacial score (nSPS) is 16.7. The zero-order valence-electron chi connectivity index (χ0n) is 15.4. The average molecular weight is 363 g/mol. The number of rotatable bonds is 5. The van der Waals surface area contributed by atoms with Gasteiger partial charge in [-0.2, -0.15) is 4.98 Å². The van der Waals surface area contributed by atoms with Crippen molar-refractivity contribution in [2.45, 2.75) is 25.8 Å². The molecule has 1 aromatic heterocycles. The van der Waals surface area contributed by atoms with Crippen molar-refractivity contribution in [2.24, 2.45) is 0 Å². The number of hydrogen-bond acceptors (Lipinski definition) is 5. The highest BCUT2D eigenvalue weighted by molar-refractivity contribution is 5.79. The van der Waals surface area contributed by atoms with Gasteiger partial charge in [0, 0.05) is 31.0 Å². The summed E-state index contributed by atoms with van der Waals surface area (Å²) in [6.45, 7) is 3.27. The molecule has 1 fully saturated rings. The first-order chi connectivity index (χ1) is 13.1. The van der Waals surface area contributed by atoms with Crippen molar-refractivity contribution in [3.8, 4) is 17.2 Å². The Morgan fingerprint density at radius 1 is 1.15 bits per heavy atom. The molecule has 0 bridgehead atoms. The number of aryl methyl sites for hydroxylation is 1. The van der Waals surface area contributed by atoms with Crippen molar-refractivity contribution in [2.75, 3.05) is 13.7 Å². The summed E-state index contributed by atoms with van der Waals surface area (Å²) in [6, 6.07) is 15.7. The van der Waals surface area contributed by atoms with E-state index in [0.29, 0.717) is 31.2 Å². The minimum atomic E-state index is -0.0429. The number of benzene rings is 2. The quantitative estimate of drug-likeness (QED) is 0.693. The van der Waals surface area contributed by atoms with Crippen molar-refractivity contribution in [3.63, 3.8) is 0 Å². The monoisotopic (exact) mass is 363 g/mol. The van der Waals surface area contributed by atoms with Crippen LogP contribution >= 0.6 is 0 Å². The molecule has 1 unspecified atom stereocenters. The van der Waals surface area contributed by atoms with Gasteiger partial charge in [0.2, 0.25) is 5.91 Å². The molecule has 0 spiro atoms. The Morgan fingerprint density at radius 3 is 2.59 bits per heavy atom. The fourth-order valence-corrected chi connectivity index (χ4v) is 3.26. The predicted octanol–water partition coefficient (Wildman–Crippen LogP) is 3.57. The summed E-state index contributed by atoms with van der Waals surface area (Å²) in [4.78, 5) is 18.8. The molecule has 6 nitrogen and oxygen atoms in total. The number of aromatic nitrogens is 2. The third-order valence-electron chi connectivity index (χ3n) is 4.85. The Kier molecular flexibility index (Phi) is 4.62. The van der Waals surface area contributed by atoms with Crippen LogP contribution in [0.1, 0.15) is 29.3 Å². The molecule has 2 aromatic carbocycles. The van der Waals surface area contributed by atoms with E-state index in [-0.39, 0.29) is 11.8 Å². The van der Waals surface area contributed by atoms with Gasteiger partial charge >= 0.3 is 0 Å². The van der Waals surface area contributed by atoms with Gasteiger partial charge in [0.1, 0.15) is 5.75 Å². The lowest BCUT2D eigenvalue weighted by molar-refractivity contribution is -0.128. The Labute approximate surface area is 157 Å². The number of amides is 1. The zero-order chi connectivity index (χ0) is 18.8. The minimum absolute atomic E-state index is 0.0429. The molecule has 4 rings (SSSR count). The van der Waals surface area contributed by atoms with Gasteiger partial charge in [0.15, 0.2) is 5.82 Å². The Bertz CT molecular complexity index is 932. The molecule has 1 saturated heterocycles. The average Bonchev–Trinajstić information content (AvgIpc) is 3.31. The van der Waals surface area contributed by atoms with Gasteiger partial charge in [-0.05, 0) is 36.8 Å². The Morgan fingerprint density at radius 2 is 1.89 bits per heavy atom. The van der Waals surface area contributed by atoms with Gasteiger partial charge in [-0.15, -0.1) is 0 Å². The predicted molar refractivity (Wildman–Crippen MR) is 100 cm³/mol. The summed E-state index contributed by atoms with van der Waals surface area (Å²) < 4.78 is 10.6. The maximum absolute atomic E-state index is 12.4. The summed E-state index contributed by atoms with van der Waals surface area (Å²) in [5, 5.41) is 4.11. The van der Waals surface area contributed by atoms with E-state index in [1.165, 1.54) is 5.56 Å². The van der Waals surface area contributed by atoms with Crippen LogP contribution in [-0.2, 0) is 11.3 Å². The van der Waals surface area contributed by atoms with Crippen LogP contribution in [0.4, 0.5) is 0 Å². The van der Waals surface area contributed by atoms with E-state index in [4.69, 9.17) is 9.26 Å². The molecule has 0 aliphatic carbocycles. The molecule has 0 radical (unpaired) electrons. The second-order valence-corrected chi connectivity index (χ2v) is 6.85. The summed E-state index contributed by atoms with van der Waals surface area (Å²) >= 11 is 0. The van der Waals surface area contributed by atoms with Gasteiger partial charge < -0.3 is 14.2 Å². The Hall–Kier alpha value is -3.15. The van der Waals surface area contributed by atoms with Crippen LogP contribution in [0.25, 0.3) is 11.5 Å². The van der Waals surface area contributed by atoms with Crippen molar-refractivity contribution in [1.29, 1.82) is 0 Å². The van der Waals surface area contributed by atoms with E-state index in [2.05, 4.69) is 41.3 Å². The van der Waals surface area contributed by atoms with E-state index >= 15 is 0 Å². The molecule has 1 atom stereocenters. The summed E-state index contributed by atoms with van der Waals surface area (Å²) in [5.41, 5.74) is 3.17. The van der Waals surface area contributed by atoms with Crippen LogP contribution in [0.2, 0.25) is 0 Å². The van der Waals surface area contributed by atoms with Crippen LogP contribution in [0.15, 0.2) is 53.1 Å². The highest BCUT2D eigenvalue weighted by atomic mass is 16.5. The summed E-state index contributed by atoms with van der Waals surface area (Å²) in [6.07, 6.45) is 0.410. The number of hydrogen-bond donors (Lipinski definition) is 0. The number of carbonyl (C=O) groups excluding carboxylic acids is 1. The summed E-state index contributed by atoms with van der Waals surface area (Å²) in [5.74, 6) is 1.89. The first-order valence-electron chi connectivity index (χ1n) is 8.94. The van der Waals surface area contributed by atoms with Gasteiger partial charge in [0.05, 0.1) is 7.11 Å². The molecule has 3 aromatic rings. The molecular formula is C21H21N3O3. The van der Waals surface area contributed by atoms with Crippen LogP contribution in [-0.4, -0.2) is 34.6 Å². The zero-order valence-corrected chi connectivity index (χ0v) is 15.4. The maximum Gasteiger partial charge on any atom is 0.257 e. The first-order valence-corrected chi connectivity index (χ1v) is 8.94. The number of nitrogens with zero attached hydrogens (tertiary/aromatic N) is 3. The smallest absolute Gasteiger partial charge is 0.257 e. The van der Waals surface area contributed by atoms with E-state index in [1.54, 1.807) is 7.11 Å². The van der Waals surface area contributed by atoms with E-state index < -0.39 is 0 Å². The molecule has 0 N–H and O–H groups in total. The van der Waals surface area contributed by atoms with Crippen molar-refractivity contribution >= 4 is 5.91 Å². The molecule has 0 saturated carbocycles. The second-order valence-electron chi connectivity index (χ2n) is 6.85. The van der Waals surface area contributed by atoms with E-state index in [1.807, 2.05) is 29.2 Å². The fraction of sp³-hybridized carbons (Fsp3) is 0.286. The first kappa shape index (κ1) is 17.3. The van der Waals surface area contributed by atoms with E-state index in [9.17, 15) is 4.79 Å². The SMILES string of the molecule is COc1ccc(-c2nc(C3CC(=O)N(Cc4ccc(C)cc4)C3)no2)cc1. The van der Waals surface area contributed by atoms with E-state index in [0.717, 1.165) is 16.9 Å². The molecular weight excluding hydrogens is 342 g/mol. The molecule has 2 heterocycles. The van der Waals surface area contributed by atoms with Crippen molar-refractivity contribution in [1.82, 2.24) is 15.0 Å². The second kappa shape index (κ2) is 7.23. The van der Waals surface area contributed by atoms with Gasteiger partial charge in [-0.25, -0.2) is 0 Å². The van der Waals surface area contributed by atoms with Crippen LogP contribution in [0.5, 0.6) is 5.75 Å². The lowest BCUT2D eigenvalue weighted by Crippen LogP contribution is -2.24. The number of ether oxygens (including phenoxy) is 1. The fourth-order valence-electron chi connectivity index (χ4n) is 3.26. The van der Waals surface area contributed by atoms with Crippen molar-refractivity contribution < 1.29 is 14.1 Å². The highest BCUT2D eigenvalue weighted by Gasteiger charge is 2.33. The third kappa shape index (κ3) is 3.69. The topological polar surface area (TPSA) is 68.5 Å². The highest BCUT2D eigenvalue weighted by Crippen LogP contribution is 2.29. The molecule has 6 heteroatoms.